The van der Waals surface area contributed by atoms with Crippen molar-refractivity contribution in [1.29, 1.82) is 0 Å². The molecule has 0 aliphatic carbocycles. The van der Waals surface area contributed by atoms with E-state index in [1.54, 1.807) is 24.4 Å². The van der Waals surface area contributed by atoms with Gasteiger partial charge < -0.3 is 9.88 Å². The van der Waals surface area contributed by atoms with E-state index in [4.69, 9.17) is 0 Å². The van der Waals surface area contributed by atoms with E-state index in [0.717, 1.165) is 19.4 Å². The zero-order valence-electron chi connectivity index (χ0n) is 9.86. The molecule has 4 heteroatoms. The lowest BCUT2D eigenvalue weighted by Crippen LogP contribution is -2.04. The first-order valence-corrected chi connectivity index (χ1v) is 5.84. The largest absolute Gasteiger partial charge is 0.323 e. The molecule has 0 aliphatic heterocycles. The summed E-state index contributed by atoms with van der Waals surface area (Å²) in [5.74, 6) is 0.418. The number of anilines is 2. The van der Waals surface area contributed by atoms with Gasteiger partial charge in [0.05, 0.1) is 5.69 Å². The quantitative estimate of drug-likeness (QED) is 0.855. The molecule has 0 radical (unpaired) electrons. The summed E-state index contributed by atoms with van der Waals surface area (Å²) in [4.78, 5) is 4.19. The second-order valence-corrected chi connectivity index (χ2v) is 3.90. The monoisotopic (exact) mass is 233 g/mol. The van der Waals surface area contributed by atoms with Crippen LogP contribution in [-0.2, 0) is 6.54 Å². The number of hydrogen-bond donors (Lipinski definition) is 1. The molecule has 1 aromatic heterocycles. The molecule has 0 bridgehead atoms. The second kappa shape index (κ2) is 5.48. The van der Waals surface area contributed by atoms with Crippen molar-refractivity contribution in [3.8, 4) is 0 Å². The third kappa shape index (κ3) is 2.84. The highest BCUT2D eigenvalue weighted by atomic mass is 19.1. The molecule has 0 amide bonds. The Labute approximate surface area is 100 Å². The maximum absolute atomic E-state index is 13.5. The standard InChI is InChI=1S/C13H16FN3/c1-2-3-9-17-10-8-15-13(17)16-12-7-5-4-6-11(12)14/h4-8,10H,2-3,9H2,1H3,(H,15,16). The Kier molecular flexibility index (Phi) is 3.75. The molecular weight excluding hydrogens is 217 g/mol. The summed E-state index contributed by atoms with van der Waals surface area (Å²) in [6.07, 6.45) is 5.83. The molecule has 1 heterocycles. The number of nitrogens with one attached hydrogen (secondary N) is 1. The second-order valence-electron chi connectivity index (χ2n) is 3.90. The van der Waals surface area contributed by atoms with Crippen molar-refractivity contribution < 1.29 is 4.39 Å². The van der Waals surface area contributed by atoms with Crippen molar-refractivity contribution in [3.63, 3.8) is 0 Å². The van der Waals surface area contributed by atoms with Gasteiger partial charge in [-0.15, -0.1) is 0 Å². The van der Waals surface area contributed by atoms with E-state index >= 15 is 0 Å². The average Bonchev–Trinajstić information content (AvgIpc) is 2.77. The van der Waals surface area contributed by atoms with Gasteiger partial charge in [0.2, 0.25) is 5.95 Å². The van der Waals surface area contributed by atoms with Crippen LogP contribution in [0.3, 0.4) is 0 Å². The van der Waals surface area contributed by atoms with E-state index < -0.39 is 0 Å². The van der Waals surface area contributed by atoms with Gasteiger partial charge in [-0.25, -0.2) is 9.37 Å². The van der Waals surface area contributed by atoms with Crippen molar-refractivity contribution in [2.75, 3.05) is 5.32 Å². The molecule has 0 saturated heterocycles. The molecule has 17 heavy (non-hydrogen) atoms. The van der Waals surface area contributed by atoms with Crippen LogP contribution in [0.25, 0.3) is 0 Å². The fourth-order valence-corrected chi connectivity index (χ4v) is 1.63. The van der Waals surface area contributed by atoms with Crippen LogP contribution in [-0.4, -0.2) is 9.55 Å². The highest BCUT2D eigenvalue weighted by Crippen LogP contribution is 2.18. The lowest BCUT2D eigenvalue weighted by molar-refractivity contribution is 0.626. The van der Waals surface area contributed by atoms with Crippen LogP contribution in [0, 0.1) is 5.82 Å². The number of nitrogens with zero attached hydrogens (tertiary/aromatic N) is 2. The van der Waals surface area contributed by atoms with E-state index in [9.17, 15) is 4.39 Å². The molecule has 1 N–H and O–H groups in total. The molecular formula is C13H16FN3. The fraction of sp³-hybridized carbons (Fsp3) is 0.308. The topological polar surface area (TPSA) is 29.9 Å². The maximum atomic E-state index is 13.5. The third-order valence-electron chi connectivity index (χ3n) is 2.59. The number of aromatic nitrogens is 2. The van der Waals surface area contributed by atoms with E-state index in [1.165, 1.54) is 6.07 Å². The van der Waals surface area contributed by atoms with Gasteiger partial charge in [-0.2, -0.15) is 0 Å². The van der Waals surface area contributed by atoms with E-state index in [1.807, 2.05) is 10.8 Å². The van der Waals surface area contributed by atoms with Crippen molar-refractivity contribution in [2.45, 2.75) is 26.3 Å². The number of aryl methyl sites for hydroxylation is 1. The summed E-state index contributed by atoms with van der Waals surface area (Å²) in [5, 5.41) is 3.01. The van der Waals surface area contributed by atoms with Crippen LogP contribution in [0.4, 0.5) is 16.0 Å². The number of rotatable bonds is 5. The van der Waals surface area contributed by atoms with Crippen LogP contribution < -0.4 is 5.32 Å². The minimum Gasteiger partial charge on any atom is -0.323 e. The summed E-state index contributed by atoms with van der Waals surface area (Å²) in [7, 11) is 0. The number of unbranched alkanes of at least 4 members (excludes halogenated alkanes) is 1. The molecule has 0 spiro atoms. The van der Waals surface area contributed by atoms with Crippen LogP contribution in [0.5, 0.6) is 0 Å². The molecule has 0 atom stereocenters. The Balaban J connectivity index is 2.13. The zero-order valence-corrected chi connectivity index (χ0v) is 9.86. The van der Waals surface area contributed by atoms with Gasteiger partial charge in [-0.1, -0.05) is 25.5 Å². The molecule has 1 aromatic carbocycles. The Morgan fingerprint density at radius 1 is 1.35 bits per heavy atom. The summed E-state index contributed by atoms with van der Waals surface area (Å²) in [6.45, 7) is 3.04. The molecule has 0 saturated carbocycles. The number of hydrogen-bond acceptors (Lipinski definition) is 2. The molecule has 2 rings (SSSR count). The molecule has 0 aliphatic rings. The lowest BCUT2D eigenvalue weighted by Gasteiger charge is -2.09. The zero-order chi connectivity index (χ0) is 12.1. The first-order chi connectivity index (χ1) is 8.31. The molecule has 3 nitrogen and oxygen atoms in total. The van der Waals surface area contributed by atoms with Gasteiger partial charge in [-0.3, -0.25) is 0 Å². The summed E-state index contributed by atoms with van der Waals surface area (Å²) >= 11 is 0. The van der Waals surface area contributed by atoms with Gasteiger partial charge in [0.25, 0.3) is 0 Å². The Bertz CT molecular complexity index is 479. The lowest BCUT2D eigenvalue weighted by atomic mass is 10.3. The van der Waals surface area contributed by atoms with Gasteiger partial charge in [-0.05, 0) is 18.6 Å². The SMILES string of the molecule is CCCCn1ccnc1Nc1ccccc1F. The average molecular weight is 233 g/mol. The first-order valence-electron chi connectivity index (χ1n) is 5.84. The van der Waals surface area contributed by atoms with E-state index in [0.29, 0.717) is 11.6 Å². The van der Waals surface area contributed by atoms with E-state index in [-0.39, 0.29) is 5.82 Å². The smallest absolute Gasteiger partial charge is 0.207 e. The Hall–Kier alpha value is -1.84. The predicted molar refractivity (Wildman–Crippen MR) is 66.8 cm³/mol. The number of para-hydroxylation sites is 1. The minimum atomic E-state index is -0.266. The number of halogens is 1. The third-order valence-corrected chi connectivity index (χ3v) is 2.59. The minimum absolute atomic E-state index is 0.266. The Morgan fingerprint density at radius 3 is 2.94 bits per heavy atom. The van der Waals surface area contributed by atoms with Crippen LogP contribution >= 0.6 is 0 Å². The molecule has 2 aromatic rings. The van der Waals surface area contributed by atoms with Gasteiger partial charge >= 0.3 is 0 Å². The molecule has 0 unspecified atom stereocenters. The van der Waals surface area contributed by atoms with Gasteiger partial charge in [0, 0.05) is 18.9 Å². The number of imidazole rings is 1. The van der Waals surface area contributed by atoms with Crippen molar-refractivity contribution in [3.05, 3.63) is 42.5 Å². The summed E-state index contributed by atoms with van der Waals surface area (Å²) in [5.41, 5.74) is 0.455. The van der Waals surface area contributed by atoms with Crippen molar-refractivity contribution in [2.24, 2.45) is 0 Å². The highest BCUT2D eigenvalue weighted by molar-refractivity contribution is 5.54. The van der Waals surface area contributed by atoms with Crippen LogP contribution in [0.15, 0.2) is 36.7 Å². The fourth-order valence-electron chi connectivity index (χ4n) is 1.63. The molecule has 90 valence electrons. The predicted octanol–water partition coefficient (Wildman–Crippen LogP) is 3.57. The van der Waals surface area contributed by atoms with E-state index in [2.05, 4.69) is 17.2 Å². The van der Waals surface area contributed by atoms with Crippen LogP contribution in [0.1, 0.15) is 19.8 Å². The normalized spacial score (nSPS) is 10.5. The summed E-state index contributed by atoms with van der Waals surface area (Å²) in [6, 6.07) is 6.60. The van der Waals surface area contributed by atoms with Gasteiger partial charge in [0.15, 0.2) is 0 Å². The first kappa shape index (κ1) is 11.6. The number of benzene rings is 1. The van der Waals surface area contributed by atoms with Crippen molar-refractivity contribution in [1.82, 2.24) is 9.55 Å². The molecule has 0 fully saturated rings. The highest BCUT2D eigenvalue weighted by Gasteiger charge is 2.05. The van der Waals surface area contributed by atoms with Crippen molar-refractivity contribution >= 4 is 11.6 Å². The summed E-state index contributed by atoms with van der Waals surface area (Å²) < 4.78 is 15.5. The Morgan fingerprint density at radius 2 is 2.18 bits per heavy atom. The maximum Gasteiger partial charge on any atom is 0.207 e. The van der Waals surface area contributed by atoms with Crippen LogP contribution in [0.2, 0.25) is 0 Å². The van der Waals surface area contributed by atoms with Gasteiger partial charge in [0.1, 0.15) is 5.82 Å².